The Bertz CT molecular complexity index is 723. The third-order valence-electron chi connectivity index (χ3n) is 6.44. The van der Waals surface area contributed by atoms with Crippen LogP contribution in [0.15, 0.2) is 29.2 Å². The summed E-state index contributed by atoms with van der Waals surface area (Å²) in [6, 6.07) is 7.70. The topological polar surface area (TPSA) is 37.4 Å². The van der Waals surface area contributed by atoms with Crippen molar-refractivity contribution in [1.29, 1.82) is 0 Å². The van der Waals surface area contributed by atoms with E-state index in [-0.39, 0.29) is 0 Å². The van der Waals surface area contributed by atoms with Gasteiger partial charge < -0.3 is 0 Å². The summed E-state index contributed by atoms with van der Waals surface area (Å²) in [7, 11) is -3.31. The Hall–Kier alpha value is -0.520. The molecule has 0 unspecified atom stereocenters. The number of nitrogens with zero attached hydrogens (tertiary/aromatic N) is 1. The highest BCUT2D eigenvalue weighted by Crippen LogP contribution is 2.36. The number of rotatable bonds is 7. The molecule has 0 radical (unpaired) electrons. The summed E-state index contributed by atoms with van der Waals surface area (Å²) in [6.07, 6.45) is 10.9. The molecular weight excluding hydrogens is 398 g/mol. The lowest BCUT2D eigenvalue weighted by molar-refractivity contribution is 0.280. The highest BCUT2D eigenvalue weighted by Gasteiger charge is 2.26. The minimum absolute atomic E-state index is 0.379. The maximum absolute atomic E-state index is 12.8. The second kappa shape index (κ2) is 10.2. The monoisotopic (exact) mass is 437 g/mol. The van der Waals surface area contributed by atoms with Gasteiger partial charge in [-0.15, -0.1) is 0 Å². The van der Waals surface area contributed by atoms with Crippen molar-refractivity contribution < 1.29 is 8.42 Å². The number of hydrogen-bond acceptors (Lipinski definition) is 3. The molecule has 3 rings (SSSR count). The summed E-state index contributed by atoms with van der Waals surface area (Å²) in [5.74, 6) is 3.04. The van der Waals surface area contributed by atoms with Crippen molar-refractivity contribution in [2.45, 2.75) is 88.2 Å². The van der Waals surface area contributed by atoms with Crippen LogP contribution in [-0.4, -0.2) is 36.3 Å². The first kappa shape index (κ1) is 23.1. The minimum Gasteiger partial charge on any atom is -0.207 e. The Balaban J connectivity index is 1.44. The van der Waals surface area contributed by atoms with Gasteiger partial charge in [-0.25, -0.2) is 8.42 Å². The van der Waals surface area contributed by atoms with Crippen LogP contribution in [0.5, 0.6) is 0 Å². The fraction of sp³-hybridized carbons (Fsp3) is 0.750. The van der Waals surface area contributed by atoms with E-state index in [9.17, 15) is 8.42 Å². The van der Waals surface area contributed by atoms with Crippen molar-refractivity contribution >= 4 is 21.8 Å². The molecule has 0 atom stereocenters. The summed E-state index contributed by atoms with van der Waals surface area (Å²) in [5.41, 5.74) is 1.27. The Kier molecular flexibility index (Phi) is 8.14. The number of piperidine rings is 1. The lowest BCUT2D eigenvalue weighted by Gasteiger charge is -2.30. The van der Waals surface area contributed by atoms with Crippen molar-refractivity contribution in [2.24, 2.45) is 11.8 Å². The fourth-order valence-electron chi connectivity index (χ4n) is 4.51. The third kappa shape index (κ3) is 7.00. The Labute approximate surface area is 183 Å². The van der Waals surface area contributed by atoms with E-state index in [1.807, 2.05) is 24.3 Å². The van der Waals surface area contributed by atoms with Crippen LogP contribution in [0.3, 0.4) is 0 Å². The van der Waals surface area contributed by atoms with Crippen molar-refractivity contribution in [1.82, 2.24) is 4.31 Å². The number of thioether (sulfide) groups is 1. The molecule has 0 amide bonds. The minimum atomic E-state index is -3.31. The molecule has 0 aromatic heterocycles. The predicted molar refractivity (Wildman–Crippen MR) is 125 cm³/mol. The van der Waals surface area contributed by atoms with Gasteiger partial charge in [0.1, 0.15) is 0 Å². The van der Waals surface area contributed by atoms with Gasteiger partial charge >= 0.3 is 0 Å². The van der Waals surface area contributed by atoms with E-state index in [2.05, 4.69) is 32.5 Å². The van der Waals surface area contributed by atoms with E-state index in [0.29, 0.717) is 22.7 Å². The summed E-state index contributed by atoms with van der Waals surface area (Å²) >= 11 is 2.11. The molecule has 1 aromatic rings. The SMILES string of the molecule is CC(C)(C)SCC1CCC(CCc2ccc(S(=O)(=O)N3CCCCC3)cc2)CC1. The predicted octanol–water partition coefficient (Wildman–Crippen LogP) is 6.13. The van der Waals surface area contributed by atoms with Gasteiger partial charge in [0.2, 0.25) is 10.0 Å². The molecule has 1 aromatic carbocycles. The van der Waals surface area contributed by atoms with Gasteiger partial charge in [0, 0.05) is 17.8 Å². The molecule has 1 aliphatic carbocycles. The molecule has 1 aliphatic heterocycles. The zero-order valence-electron chi connectivity index (χ0n) is 18.5. The van der Waals surface area contributed by atoms with Crippen LogP contribution in [0.4, 0.5) is 0 Å². The normalized spacial score (nSPS) is 24.5. The number of sulfonamides is 1. The highest BCUT2D eigenvalue weighted by atomic mass is 32.2. The molecule has 29 heavy (non-hydrogen) atoms. The van der Waals surface area contributed by atoms with Gasteiger partial charge in [-0.05, 0) is 73.8 Å². The van der Waals surface area contributed by atoms with Gasteiger partial charge in [-0.3, -0.25) is 0 Å². The average Bonchev–Trinajstić information content (AvgIpc) is 2.72. The lowest BCUT2D eigenvalue weighted by Crippen LogP contribution is -2.35. The Morgan fingerprint density at radius 2 is 1.52 bits per heavy atom. The van der Waals surface area contributed by atoms with Crippen LogP contribution in [0.1, 0.15) is 77.7 Å². The summed E-state index contributed by atoms with van der Waals surface area (Å²) in [6.45, 7) is 8.27. The van der Waals surface area contributed by atoms with Gasteiger partial charge in [0.25, 0.3) is 0 Å². The number of aryl methyl sites for hydroxylation is 1. The van der Waals surface area contributed by atoms with Gasteiger partial charge in [0.05, 0.1) is 4.90 Å². The molecule has 164 valence electrons. The second-order valence-corrected chi connectivity index (χ2v) is 13.7. The molecular formula is C24H39NO2S2. The molecule has 1 heterocycles. The average molecular weight is 438 g/mol. The van der Waals surface area contributed by atoms with Crippen LogP contribution in [-0.2, 0) is 16.4 Å². The molecule has 1 saturated carbocycles. The standard InChI is InChI=1S/C24H39NO2S2/c1-24(2,3)28-19-22-11-9-20(10-12-22)7-8-21-13-15-23(16-14-21)29(26,27)25-17-5-4-6-18-25/h13-16,20,22H,4-12,17-19H2,1-3H3. The molecule has 2 aliphatic rings. The van der Waals surface area contributed by atoms with E-state index in [0.717, 1.165) is 37.5 Å². The van der Waals surface area contributed by atoms with Crippen LogP contribution in [0, 0.1) is 11.8 Å². The van der Waals surface area contributed by atoms with Crippen molar-refractivity contribution in [3.05, 3.63) is 29.8 Å². The van der Waals surface area contributed by atoms with Crippen LogP contribution >= 0.6 is 11.8 Å². The zero-order valence-corrected chi connectivity index (χ0v) is 20.2. The second-order valence-electron chi connectivity index (χ2n) is 9.96. The highest BCUT2D eigenvalue weighted by molar-refractivity contribution is 8.00. The smallest absolute Gasteiger partial charge is 0.207 e. The quantitative estimate of drug-likeness (QED) is 0.515. The maximum Gasteiger partial charge on any atom is 0.243 e. The summed E-state index contributed by atoms with van der Waals surface area (Å²) in [4.78, 5) is 0.458. The summed E-state index contributed by atoms with van der Waals surface area (Å²) < 4.78 is 27.6. The van der Waals surface area contributed by atoms with E-state index in [1.54, 1.807) is 4.31 Å². The molecule has 5 heteroatoms. The largest absolute Gasteiger partial charge is 0.243 e. The fourth-order valence-corrected chi connectivity index (χ4v) is 7.09. The number of benzene rings is 1. The van der Waals surface area contributed by atoms with Crippen LogP contribution in [0.25, 0.3) is 0 Å². The molecule has 2 fully saturated rings. The third-order valence-corrected chi connectivity index (χ3v) is 9.85. The van der Waals surface area contributed by atoms with Crippen molar-refractivity contribution in [2.75, 3.05) is 18.8 Å². The molecule has 0 spiro atoms. The lowest BCUT2D eigenvalue weighted by atomic mass is 9.80. The Morgan fingerprint density at radius 1 is 0.931 bits per heavy atom. The first-order valence-corrected chi connectivity index (χ1v) is 13.9. The first-order valence-electron chi connectivity index (χ1n) is 11.5. The van der Waals surface area contributed by atoms with Crippen molar-refractivity contribution in [3.8, 4) is 0 Å². The maximum atomic E-state index is 12.8. The number of hydrogen-bond donors (Lipinski definition) is 0. The van der Waals surface area contributed by atoms with E-state index in [1.165, 1.54) is 43.4 Å². The molecule has 0 N–H and O–H groups in total. The zero-order chi connectivity index (χ0) is 20.9. The van der Waals surface area contributed by atoms with E-state index in [4.69, 9.17) is 0 Å². The van der Waals surface area contributed by atoms with Gasteiger partial charge in [-0.2, -0.15) is 16.1 Å². The van der Waals surface area contributed by atoms with Gasteiger partial charge in [0.15, 0.2) is 0 Å². The van der Waals surface area contributed by atoms with E-state index >= 15 is 0 Å². The van der Waals surface area contributed by atoms with Crippen molar-refractivity contribution in [3.63, 3.8) is 0 Å². The van der Waals surface area contributed by atoms with E-state index < -0.39 is 10.0 Å². The van der Waals surface area contributed by atoms with Gasteiger partial charge in [-0.1, -0.05) is 52.2 Å². The summed E-state index contributed by atoms with van der Waals surface area (Å²) in [5, 5.41) is 0. The Morgan fingerprint density at radius 3 is 2.10 bits per heavy atom. The first-order chi connectivity index (χ1) is 13.7. The van der Waals surface area contributed by atoms with Crippen LogP contribution < -0.4 is 0 Å². The van der Waals surface area contributed by atoms with Crippen LogP contribution in [0.2, 0.25) is 0 Å². The molecule has 0 bridgehead atoms. The molecule has 1 saturated heterocycles. The molecule has 3 nitrogen and oxygen atoms in total.